The van der Waals surface area contributed by atoms with E-state index in [-0.39, 0.29) is 33.6 Å². The number of carbonyl (C=O) groups is 4. The van der Waals surface area contributed by atoms with Gasteiger partial charge in [-0.3, -0.25) is 19.2 Å². The molecule has 0 fully saturated rings. The topological polar surface area (TPSA) is 134 Å². The van der Waals surface area contributed by atoms with Crippen LogP contribution < -0.4 is 9.80 Å². The highest BCUT2D eigenvalue weighted by atomic mass is 16.2. The molecule has 0 saturated carbocycles. The predicted octanol–water partition coefficient (Wildman–Crippen LogP) is 4.81. The van der Waals surface area contributed by atoms with Gasteiger partial charge >= 0.3 is 0 Å². The molecule has 6 rings (SSSR count). The molecule has 0 N–H and O–H groups in total. The van der Waals surface area contributed by atoms with Crippen molar-refractivity contribution in [3.05, 3.63) is 118 Å². The molecule has 2 aliphatic rings. The van der Waals surface area contributed by atoms with Crippen molar-refractivity contribution in [3.63, 3.8) is 0 Å². The summed E-state index contributed by atoms with van der Waals surface area (Å²) in [4.78, 5) is 81.9. The van der Waals surface area contributed by atoms with Crippen molar-refractivity contribution in [1.29, 1.82) is 0 Å². The summed E-state index contributed by atoms with van der Waals surface area (Å²) in [5, 5.41) is 0. The van der Waals surface area contributed by atoms with Crippen molar-refractivity contribution in [2.75, 3.05) is 9.80 Å². The molecule has 0 radical (unpaired) electrons. The van der Waals surface area contributed by atoms with Crippen LogP contribution >= 0.6 is 0 Å². The van der Waals surface area contributed by atoms with Gasteiger partial charge in [0.25, 0.3) is 23.6 Å². The molecule has 4 aromatic carbocycles. The van der Waals surface area contributed by atoms with Crippen molar-refractivity contribution in [3.8, 4) is 0 Å². The molecule has 0 aliphatic carbocycles. The van der Waals surface area contributed by atoms with E-state index in [0.29, 0.717) is 17.8 Å². The largest absolute Gasteiger partial charge is 0.268 e. The standard InChI is InChI=1S/C31H16N4O6/c36-16-32-20-5-11-24-26(14-20)30(40)34(28(24)38)22-7-1-18(2-8-22)13-19-3-9-23(10-4-19)35-29(39)25-12-6-21(33-17-37)15-27(25)31(35)41/h1-12,14-15H,13H2. The zero-order chi connectivity index (χ0) is 28.7. The number of hydrogen-bond donors (Lipinski definition) is 0. The Hall–Kier alpha value is -6.08. The van der Waals surface area contributed by atoms with Crippen molar-refractivity contribution >= 4 is 58.5 Å². The summed E-state index contributed by atoms with van der Waals surface area (Å²) in [5.74, 6) is -1.93. The molecule has 0 spiro atoms. The zero-order valence-electron chi connectivity index (χ0n) is 21.0. The number of benzene rings is 4. The summed E-state index contributed by atoms with van der Waals surface area (Å²) in [5.41, 5.74) is 3.91. The van der Waals surface area contributed by atoms with E-state index in [9.17, 15) is 28.8 Å². The number of amides is 4. The second kappa shape index (κ2) is 9.91. The first-order valence-corrected chi connectivity index (χ1v) is 12.3. The molecule has 0 saturated heterocycles. The first kappa shape index (κ1) is 25.2. The highest BCUT2D eigenvalue weighted by molar-refractivity contribution is 6.35. The van der Waals surface area contributed by atoms with Gasteiger partial charge in [0, 0.05) is 0 Å². The van der Waals surface area contributed by atoms with Crippen LogP contribution in [-0.2, 0) is 16.0 Å². The van der Waals surface area contributed by atoms with Gasteiger partial charge in [-0.25, -0.2) is 19.4 Å². The van der Waals surface area contributed by atoms with Gasteiger partial charge < -0.3 is 0 Å². The Bertz CT molecular complexity index is 1760. The molecule has 4 aromatic rings. The summed E-state index contributed by atoms with van der Waals surface area (Å²) in [6.07, 6.45) is 3.36. The maximum Gasteiger partial charge on any atom is 0.266 e. The lowest BCUT2D eigenvalue weighted by Gasteiger charge is -2.15. The van der Waals surface area contributed by atoms with E-state index in [2.05, 4.69) is 9.98 Å². The summed E-state index contributed by atoms with van der Waals surface area (Å²) in [7, 11) is 0. The molecular formula is C31H16N4O6. The summed E-state index contributed by atoms with van der Waals surface area (Å²) < 4.78 is 0. The Labute approximate surface area is 231 Å². The molecule has 0 aromatic heterocycles. The Morgan fingerprint density at radius 1 is 0.488 bits per heavy atom. The minimum Gasteiger partial charge on any atom is -0.268 e. The number of nitrogens with zero attached hydrogens (tertiary/aromatic N) is 4. The number of hydrogen-bond acceptors (Lipinski definition) is 8. The molecule has 10 nitrogen and oxygen atoms in total. The van der Waals surface area contributed by atoms with Crippen LogP contribution in [0.5, 0.6) is 0 Å². The lowest BCUT2D eigenvalue weighted by atomic mass is 10.0. The fraction of sp³-hybridized carbons (Fsp3) is 0.0323. The second-order valence-corrected chi connectivity index (χ2v) is 9.27. The van der Waals surface area contributed by atoms with E-state index in [0.717, 1.165) is 20.9 Å². The van der Waals surface area contributed by atoms with E-state index < -0.39 is 23.6 Å². The van der Waals surface area contributed by atoms with Gasteiger partial charge in [0.05, 0.1) is 45.0 Å². The Kier molecular flexibility index (Phi) is 6.09. The van der Waals surface area contributed by atoms with Crippen LogP contribution in [0.2, 0.25) is 0 Å². The molecule has 0 unspecified atom stereocenters. The lowest BCUT2D eigenvalue weighted by Crippen LogP contribution is -2.29. The van der Waals surface area contributed by atoms with Gasteiger partial charge in [0.1, 0.15) is 0 Å². The number of fused-ring (bicyclic) bond motifs is 2. The second-order valence-electron chi connectivity index (χ2n) is 9.27. The average molecular weight is 540 g/mol. The van der Waals surface area contributed by atoms with Crippen LogP contribution in [0.1, 0.15) is 52.6 Å². The van der Waals surface area contributed by atoms with E-state index in [1.807, 2.05) is 0 Å². The van der Waals surface area contributed by atoms with Crippen LogP contribution in [-0.4, -0.2) is 35.8 Å². The van der Waals surface area contributed by atoms with E-state index in [1.165, 1.54) is 48.6 Å². The number of rotatable bonds is 6. The van der Waals surface area contributed by atoms with Crippen LogP contribution in [0.4, 0.5) is 22.7 Å². The SMILES string of the molecule is O=C=Nc1ccc2c(c1)C(=O)N(c1ccc(Cc3ccc(N4C(=O)c5ccc(N=C=O)cc5C4=O)cc3)cc1)C2=O. The van der Waals surface area contributed by atoms with E-state index in [4.69, 9.17) is 0 Å². The molecule has 2 heterocycles. The van der Waals surface area contributed by atoms with Crippen molar-refractivity contribution < 1.29 is 28.8 Å². The van der Waals surface area contributed by atoms with Gasteiger partial charge in [-0.2, -0.15) is 9.98 Å². The van der Waals surface area contributed by atoms with Crippen molar-refractivity contribution in [1.82, 2.24) is 0 Å². The molecule has 0 bridgehead atoms. The molecule has 10 heteroatoms. The first-order valence-electron chi connectivity index (χ1n) is 12.3. The number of anilines is 2. The Morgan fingerprint density at radius 3 is 1.22 bits per heavy atom. The maximum atomic E-state index is 12.9. The highest BCUT2D eigenvalue weighted by Gasteiger charge is 2.38. The quantitative estimate of drug-likeness (QED) is 0.196. The molecular weight excluding hydrogens is 524 g/mol. The Balaban J connectivity index is 1.17. The third-order valence-corrected chi connectivity index (χ3v) is 6.89. The normalized spacial score (nSPS) is 13.6. The van der Waals surface area contributed by atoms with Gasteiger partial charge in [-0.05, 0) is 78.2 Å². The van der Waals surface area contributed by atoms with E-state index >= 15 is 0 Å². The fourth-order valence-electron chi connectivity index (χ4n) is 4.93. The molecule has 41 heavy (non-hydrogen) atoms. The van der Waals surface area contributed by atoms with Gasteiger partial charge in [0.2, 0.25) is 12.2 Å². The van der Waals surface area contributed by atoms with Crippen LogP contribution in [0.15, 0.2) is 94.9 Å². The Morgan fingerprint density at radius 2 is 0.854 bits per heavy atom. The average Bonchev–Trinajstić information content (AvgIpc) is 3.38. The van der Waals surface area contributed by atoms with Crippen molar-refractivity contribution in [2.45, 2.75) is 6.42 Å². The number of carbonyl (C=O) groups excluding carboxylic acids is 6. The molecule has 0 atom stereocenters. The lowest BCUT2D eigenvalue weighted by molar-refractivity contribution is 0.0910. The third kappa shape index (κ3) is 4.27. The van der Waals surface area contributed by atoms with E-state index in [1.54, 1.807) is 48.5 Å². The predicted molar refractivity (Wildman–Crippen MR) is 146 cm³/mol. The van der Waals surface area contributed by atoms with Crippen LogP contribution in [0.25, 0.3) is 0 Å². The van der Waals surface area contributed by atoms with Crippen LogP contribution in [0.3, 0.4) is 0 Å². The van der Waals surface area contributed by atoms with Crippen LogP contribution in [0, 0.1) is 0 Å². The van der Waals surface area contributed by atoms with Gasteiger partial charge in [-0.1, -0.05) is 24.3 Å². The molecule has 4 amide bonds. The number of imide groups is 2. The fourth-order valence-corrected chi connectivity index (χ4v) is 4.93. The number of aliphatic imine (C=N–C) groups is 2. The molecule has 2 aliphatic heterocycles. The third-order valence-electron chi connectivity index (χ3n) is 6.89. The summed E-state index contributed by atoms with van der Waals surface area (Å²) in [6.45, 7) is 0. The smallest absolute Gasteiger partial charge is 0.266 e. The summed E-state index contributed by atoms with van der Waals surface area (Å²) >= 11 is 0. The highest BCUT2D eigenvalue weighted by Crippen LogP contribution is 2.33. The monoisotopic (exact) mass is 540 g/mol. The maximum absolute atomic E-state index is 12.9. The van der Waals surface area contributed by atoms with Gasteiger partial charge in [-0.15, -0.1) is 0 Å². The van der Waals surface area contributed by atoms with Gasteiger partial charge in [0.15, 0.2) is 0 Å². The van der Waals surface area contributed by atoms with Crippen molar-refractivity contribution in [2.24, 2.45) is 9.98 Å². The minimum atomic E-state index is -0.503. The zero-order valence-corrected chi connectivity index (χ0v) is 21.0. The molecule has 196 valence electrons. The number of isocyanates is 2. The minimum absolute atomic E-state index is 0.170. The summed E-state index contributed by atoms with van der Waals surface area (Å²) in [6, 6.07) is 22.6. The first-order chi connectivity index (χ1) is 19.9.